The lowest BCUT2D eigenvalue weighted by atomic mass is 10.4. The van der Waals surface area contributed by atoms with Gasteiger partial charge >= 0.3 is 12.3 Å². The average Bonchev–Trinajstić information content (AvgIpc) is 2.38. The highest BCUT2D eigenvalue weighted by Gasteiger charge is 2.31. The molecule has 16 heavy (non-hydrogen) atoms. The number of rotatable bonds is 1. The number of hydrogen-bond acceptors (Lipinski definition) is 3. The molecule has 92 valence electrons. The van der Waals surface area contributed by atoms with E-state index in [1.54, 1.807) is 0 Å². The fraction of sp³-hybridized carbons (Fsp3) is 0.750. The van der Waals surface area contributed by atoms with Crippen LogP contribution < -0.4 is 5.32 Å². The van der Waals surface area contributed by atoms with Crippen molar-refractivity contribution in [3.05, 3.63) is 0 Å². The summed E-state index contributed by atoms with van der Waals surface area (Å²) in [5.41, 5.74) is 0. The maximum Gasteiger partial charge on any atom is 0.422 e. The van der Waals surface area contributed by atoms with Crippen LogP contribution in [-0.2, 0) is 9.53 Å². The van der Waals surface area contributed by atoms with Crippen LogP contribution in [0.25, 0.3) is 0 Å². The molecule has 0 bridgehead atoms. The molecule has 1 aliphatic heterocycles. The summed E-state index contributed by atoms with van der Waals surface area (Å²) in [6.45, 7) is -1.29. The van der Waals surface area contributed by atoms with Crippen molar-refractivity contribution in [3.8, 4) is 0 Å². The van der Waals surface area contributed by atoms with Gasteiger partial charge in [-0.1, -0.05) is 0 Å². The summed E-state index contributed by atoms with van der Waals surface area (Å²) in [7, 11) is 0. The van der Waals surface area contributed by atoms with E-state index in [4.69, 9.17) is 0 Å². The molecule has 0 aromatic heterocycles. The van der Waals surface area contributed by atoms with E-state index in [9.17, 15) is 22.8 Å². The van der Waals surface area contributed by atoms with E-state index in [-0.39, 0.29) is 13.1 Å². The number of halogens is 3. The van der Waals surface area contributed by atoms with Gasteiger partial charge in [-0.05, 0) is 6.42 Å². The van der Waals surface area contributed by atoms with Crippen LogP contribution in [0.5, 0.6) is 0 Å². The summed E-state index contributed by atoms with van der Waals surface area (Å²) in [6.07, 6.45) is -5.18. The number of amides is 2. The highest BCUT2D eigenvalue weighted by Crippen LogP contribution is 2.15. The fourth-order valence-corrected chi connectivity index (χ4v) is 1.20. The second kappa shape index (κ2) is 5.04. The molecule has 0 aromatic carbocycles. The molecule has 0 atom stereocenters. The molecule has 1 heterocycles. The standard InChI is InChI=1S/C8H11F3N2O3/c9-8(10,11)5-16-7(15)13-3-1-2-12-6(14)4-13/h1-5H2,(H,12,14). The van der Waals surface area contributed by atoms with Gasteiger partial charge in [-0.3, -0.25) is 9.69 Å². The maximum absolute atomic E-state index is 11.8. The van der Waals surface area contributed by atoms with Crippen LogP contribution in [0.15, 0.2) is 0 Å². The van der Waals surface area contributed by atoms with Gasteiger partial charge < -0.3 is 10.1 Å². The Morgan fingerprint density at radius 3 is 2.81 bits per heavy atom. The first-order valence-corrected chi connectivity index (χ1v) is 4.63. The Kier molecular flexibility index (Phi) is 3.97. The number of hydrogen-bond donors (Lipinski definition) is 1. The Bertz CT molecular complexity index is 280. The van der Waals surface area contributed by atoms with E-state index in [0.29, 0.717) is 13.0 Å². The normalized spacial score (nSPS) is 17.7. The van der Waals surface area contributed by atoms with Crippen LogP contribution in [-0.4, -0.2) is 49.3 Å². The van der Waals surface area contributed by atoms with Crippen molar-refractivity contribution in [1.82, 2.24) is 10.2 Å². The molecule has 5 nitrogen and oxygen atoms in total. The molecule has 0 aliphatic carbocycles. The van der Waals surface area contributed by atoms with E-state index in [1.807, 2.05) is 0 Å². The lowest BCUT2D eigenvalue weighted by Gasteiger charge is -2.18. The van der Waals surface area contributed by atoms with E-state index in [2.05, 4.69) is 10.1 Å². The van der Waals surface area contributed by atoms with Gasteiger partial charge in [-0.2, -0.15) is 13.2 Å². The van der Waals surface area contributed by atoms with E-state index >= 15 is 0 Å². The van der Waals surface area contributed by atoms with Crippen molar-refractivity contribution < 1.29 is 27.5 Å². The topological polar surface area (TPSA) is 58.6 Å². The van der Waals surface area contributed by atoms with Gasteiger partial charge in [0.25, 0.3) is 0 Å². The number of nitrogens with zero attached hydrogens (tertiary/aromatic N) is 1. The Hall–Kier alpha value is -1.47. The molecule has 0 aromatic rings. The smallest absolute Gasteiger partial charge is 0.422 e. The number of alkyl halides is 3. The zero-order chi connectivity index (χ0) is 12.2. The van der Waals surface area contributed by atoms with Crippen LogP contribution >= 0.6 is 0 Å². The van der Waals surface area contributed by atoms with Gasteiger partial charge in [0.15, 0.2) is 6.61 Å². The zero-order valence-corrected chi connectivity index (χ0v) is 8.34. The summed E-state index contributed by atoms with van der Waals surface area (Å²) in [5, 5.41) is 2.49. The molecule has 1 aliphatic rings. The molecule has 0 radical (unpaired) electrons. The van der Waals surface area contributed by atoms with Gasteiger partial charge in [-0.25, -0.2) is 4.79 Å². The largest absolute Gasteiger partial charge is 0.440 e. The van der Waals surface area contributed by atoms with Crippen molar-refractivity contribution in [2.45, 2.75) is 12.6 Å². The molecule has 1 N–H and O–H groups in total. The van der Waals surface area contributed by atoms with Gasteiger partial charge in [0, 0.05) is 13.1 Å². The quantitative estimate of drug-likeness (QED) is 0.726. The Labute approximate surface area is 89.5 Å². The summed E-state index contributed by atoms with van der Waals surface area (Å²) in [6, 6.07) is 0. The SMILES string of the molecule is O=C1CN(C(=O)OCC(F)(F)F)CCCN1. The van der Waals surface area contributed by atoms with Crippen LogP contribution in [0.4, 0.5) is 18.0 Å². The molecular formula is C8H11F3N2O3. The summed E-state index contributed by atoms with van der Waals surface area (Å²) in [5.74, 6) is -0.401. The van der Waals surface area contributed by atoms with E-state index in [0.717, 1.165) is 4.90 Å². The highest BCUT2D eigenvalue weighted by molar-refractivity contribution is 5.82. The molecule has 2 amide bonds. The monoisotopic (exact) mass is 240 g/mol. The minimum Gasteiger partial charge on any atom is -0.440 e. The van der Waals surface area contributed by atoms with Crippen LogP contribution in [0.1, 0.15) is 6.42 Å². The number of ether oxygens (including phenoxy) is 1. The molecular weight excluding hydrogens is 229 g/mol. The van der Waals surface area contributed by atoms with Crippen LogP contribution in [0.2, 0.25) is 0 Å². The first kappa shape index (κ1) is 12.6. The minimum absolute atomic E-state index is 0.204. The number of nitrogens with one attached hydrogen (secondary N) is 1. The molecule has 1 fully saturated rings. The highest BCUT2D eigenvalue weighted by atomic mass is 19.4. The third-order valence-corrected chi connectivity index (χ3v) is 1.88. The molecule has 8 heteroatoms. The van der Waals surface area contributed by atoms with Crippen LogP contribution in [0.3, 0.4) is 0 Å². The minimum atomic E-state index is -4.55. The third kappa shape index (κ3) is 4.37. The first-order chi connectivity index (χ1) is 7.38. The first-order valence-electron chi connectivity index (χ1n) is 4.63. The molecule has 1 saturated heterocycles. The number of carbonyl (C=O) groups excluding carboxylic acids is 2. The van der Waals surface area contributed by atoms with E-state index < -0.39 is 24.8 Å². The van der Waals surface area contributed by atoms with Gasteiger partial charge in [-0.15, -0.1) is 0 Å². The van der Waals surface area contributed by atoms with Crippen molar-refractivity contribution in [2.24, 2.45) is 0 Å². The summed E-state index contributed by atoms with van der Waals surface area (Å²) in [4.78, 5) is 23.1. The Morgan fingerprint density at radius 2 is 2.19 bits per heavy atom. The number of carbonyl (C=O) groups is 2. The second-order valence-corrected chi connectivity index (χ2v) is 3.29. The van der Waals surface area contributed by atoms with Gasteiger partial charge in [0.1, 0.15) is 6.54 Å². The molecule has 0 spiro atoms. The Balaban J connectivity index is 2.43. The lowest BCUT2D eigenvalue weighted by Crippen LogP contribution is -2.38. The predicted molar refractivity (Wildman–Crippen MR) is 46.6 cm³/mol. The van der Waals surface area contributed by atoms with Gasteiger partial charge in [0.2, 0.25) is 5.91 Å². The van der Waals surface area contributed by atoms with Crippen LogP contribution in [0, 0.1) is 0 Å². The fourth-order valence-electron chi connectivity index (χ4n) is 1.20. The summed E-state index contributed by atoms with van der Waals surface area (Å²) >= 11 is 0. The van der Waals surface area contributed by atoms with Crippen molar-refractivity contribution in [3.63, 3.8) is 0 Å². The van der Waals surface area contributed by atoms with Crippen molar-refractivity contribution >= 4 is 12.0 Å². The average molecular weight is 240 g/mol. The summed E-state index contributed by atoms with van der Waals surface area (Å²) < 4.78 is 39.3. The second-order valence-electron chi connectivity index (χ2n) is 3.29. The molecule has 0 unspecified atom stereocenters. The molecule has 1 rings (SSSR count). The predicted octanol–water partition coefficient (Wildman–Crippen LogP) is 0.507. The maximum atomic E-state index is 11.8. The van der Waals surface area contributed by atoms with Gasteiger partial charge in [0.05, 0.1) is 0 Å². The zero-order valence-electron chi connectivity index (χ0n) is 8.34. The molecule has 0 saturated carbocycles. The van der Waals surface area contributed by atoms with E-state index in [1.165, 1.54) is 0 Å². The lowest BCUT2D eigenvalue weighted by molar-refractivity contribution is -0.162. The Morgan fingerprint density at radius 1 is 1.50 bits per heavy atom. The third-order valence-electron chi connectivity index (χ3n) is 1.88. The van der Waals surface area contributed by atoms with Crippen molar-refractivity contribution in [1.29, 1.82) is 0 Å². The van der Waals surface area contributed by atoms with Crippen molar-refractivity contribution in [2.75, 3.05) is 26.2 Å².